The van der Waals surface area contributed by atoms with Gasteiger partial charge in [0.05, 0.1) is 6.61 Å². The van der Waals surface area contributed by atoms with Crippen LogP contribution in [0.25, 0.3) is 0 Å². The summed E-state index contributed by atoms with van der Waals surface area (Å²) in [5.41, 5.74) is 0. The molecule has 0 aromatic rings. The molecule has 0 radical (unpaired) electrons. The minimum absolute atomic E-state index is 0.0737. The second-order valence-electron chi connectivity index (χ2n) is 5.86. The average Bonchev–Trinajstić information content (AvgIpc) is 2.30. The molecule has 0 unspecified atom stereocenters. The summed E-state index contributed by atoms with van der Waals surface area (Å²) < 4.78 is 5.39. The van der Waals surface area contributed by atoms with Crippen molar-refractivity contribution in [3.05, 3.63) is 0 Å². The summed E-state index contributed by atoms with van der Waals surface area (Å²) in [6, 6.07) is 0. The lowest BCUT2D eigenvalue weighted by Gasteiger charge is -2.09. The van der Waals surface area contributed by atoms with E-state index in [1.807, 2.05) is 27.7 Å². The van der Waals surface area contributed by atoms with Crippen molar-refractivity contribution in [2.75, 3.05) is 26.3 Å². The van der Waals surface area contributed by atoms with Crippen molar-refractivity contribution >= 4 is 11.8 Å². The van der Waals surface area contributed by atoms with E-state index >= 15 is 0 Å². The minimum atomic E-state index is 0.0737. The van der Waals surface area contributed by atoms with Crippen molar-refractivity contribution < 1.29 is 14.3 Å². The van der Waals surface area contributed by atoms with Crippen molar-refractivity contribution in [1.82, 2.24) is 10.6 Å². The van der Waals surface area contributed by atoms with Gasteiger partial charge in [0, 0.05) is 32.5 Å². The Kier molecular flexibility index (Phi) is 11.1. The van der Waals surface area contributed by atoms with E-state index in [1.165, 1.54) is 0 Å². The van der Waals surface area contributed by atoms with Gasteiger partial charge in [0.1, 0.15) is 0 Å². The number of ether oxygens (including phenoxy) is 1. The smallest absolute Gasteiger partial charge is 0.220 e. The summed E-state index contributed by atoms with van der Waals surface area (Å²) in [5.74, 6) is 0.941. The number of carbonyl (C=O) groups is 2. The van der Waals surface area contributed by atoms with Crippen molar-refractivity contribution in [2.24, 2.45) is 11.8 Å². The van der Waals surface area contributed by atoms with Gasteiger partial charge >= 0.3 is 0 Å². The molecule has 0 spiro atoms. The molecule has 2 amide bonds. The van der Waals surface area contributed by atoms with Crippen molar-refractivity contribution in [2.45, 2.75) is 47.0 Å². The van der Waals surface area contributed by atoms with Crippen LogP contribution in [0.5, 0.6) is 0 Å². The Labute approximate surface area is 122 Å². The molecule has 0 aromatic heterocycles. The van der Waals surface area contributed by atoms with E-state index in [2.05, 4.69) is 10.6 Å². The lowest BCUT2D eigenvalue weighted by molar-refractivity contribution is -0.122. The Hall–Kier alpha value is -1.10. The molecule has 0 saturated carbocycles. The van der Waals surface area contributed by atoms with Gasteiger partial charge in [-0.25, -0.2) is 0 Å². The lowest BCUT2D eigenvalue weighted by atomic mass is 10.1. The first-order valence-corrected chi connectivity index (χ1v) is 7.53. The molecule has 0 rings (SSSR count). The van der Waals surface area contributed by atoms with Crippen molar-refractivity contribution in [3.8, 4) is 0 Å². The molecule has 5 nitrogen and oxygen atoms in total. The van der Waals surface area contributed by atoms with E-state index in [4.69, 9.17) is 4.74 Å². The first kappa shape index (κ1) is 18.9. The van der Waals surface area contributed by atoms with Crippen LogP contribution >= 0.6 is 0 Å². The summed E-state index contributed by atoms with van der Waals surface area (Å²) in [4.78, 5) is 22.7. The van der Waals surface area contributed by atoms with Crippen LogP contribution in [0.2, 0.25) is 0 Å². The Morgan fingerprint density at radius 2 is 1.35 bits per heavy atom. The Morgan fingerprint density at radius 1 is 0.850 bits per heavy atom. The molecular formula is C15H30N2O3. The number of hydrogen-bond donors (Lipinski definition) is 2. The van der Waals surface area contributed by atoms with Crippen LogP contribution < -0.4 is 10.6 Å². The Balaban J connectivity index is 3.29. The van der Waals surface area contributed by atoms with Crippen LogP contribution in [0.1, 0.15) is 47.0 Å². The van der Waals surface area contributed by atoms with E-state index in [0.717, 1.165) is 6.42 Å². The predicted molar refractivity (Wildman–Crippen MR) is 80.4 cm³/mol. The van der Waals surface area contributed by atoms with Gasteiger partial charge in [-0.05, 0) is 18.3 Å². The fourth-order valence-corrected chi connectivity index (χ4v) is 1.65. The molecule has 0 aliphatic heterocycles. The summed E-state index contributed by atoms with van der Waals surface area (Å²) in [6.07, 6.45) is 1.92. The quantitative estimate of drug-likeness (QED) is 0.568. The SMILES string of the molecule is CC(C)CC(=O)NCCCOCCNC(=O)CC(C)C. The number of nitrogens with one attached hydrogen (secondary N) is 2. The zero-order valence-corrected chi connectivity index (χ0v) is 13.3. The highest BCUT2D eigenvalue weighted by atomic mass is 16.5. The Bertz CT molecular complexity index is 250. The van der Waals surface area contributed by atoms with Crippen molar-refractivity contribution in [1.29, 1.82) is 0 Å². The van der Waals surface area contributed by atoms with Crippen LogP contribution in [-0.4, -0.2) is 38.1 Å². The van der Waals surface area contributed by atoms with Gasteiger partial charge in [-0.3, -0.25) is 9.59 Å². The molecule has 5 heteroatoms. The van der Waals surface area contributed by atoms with Crippen LogP contribution in [0.3, 0.4) is 0 Å². The molecule has 0 fully saturated rings. The highest BCUT2D eigenvalue weighted by Crippen LogP contribution is 1.98. The monoisotopic (exact) mass is 286 g/mol. The Morgan fingerprint density at radius 3 is 1.85 bits per heavy atom. The molecule has 2 N–H and O–H groups in total. The fourth-order valence-electron chi connectivity index (χ4n) is 1.65. The van der Waals surface area contributed by atoms with Gasteiger partial charge in [0.2, 0.25) is 11.8 Å². The maximum Gasteiger partial charge on any atom is 0.220 e. The molecule has 118 valence electrons. The second-order valence-corrected chi connectivity index (χ2v) is 5.86. The summed E-state index contributed by atoms with van der Waals surface area (Å²) in [7, 11) is 0. The lowest BCUT2D eigenvalue weighted by Crippen LogP contribution is -2.29. The van der Waals surface area contributed by atoms with Gasteiger partial charge in [0.25, 0.3) is 0 Å². The summed E-state index contributed by atoms with van der Waals surface area (Å²) >= 11 is 0. The molecule has 0 atom stereocenters. The molecule has 0 aromatic carbocycles. The number of rotatable bonds is 11. The van der Waals surface area contributed by atoms with Gasteiger partial charge in [-0.15, -0.1) is 0 Å². The van der Waals surface area contributed by atoms with E-state index in [-0.39, 0.29) is 11.8 Å². The van der Waals surface area contributed by atoms with E-state index in [0.29, 0.717) is 51.0 Å². The fraction of sp³-hybridized carbons (Fsp3) is 0.867. The van der Waals surface area contributed by atoms with Gasteiger partial charge in [-0.1, -0.05) is 27.7 Å². The van der Waals surface area contributed by atoms with Gasteiger partial charge in [-0.2, -0.15) is 0 Å². The topological polar surface area (TPSA) is 67.4 Å². The highest BCUT2D eigenvalue weighted by Gasteiger charge is 2.04. The summed E-state index contributed by atoms with van der Waals surface area (Å²) in [5, 5.41) is 5.67. The number of amides is 2. The van der Waals surface area contributed by atoms with Crippen LogP contribution in [0.4, 0.5) is 0 Å². The molecule has 0 aliphatic carbocycles. The zero-order valence-electron chi connectivity index (χ0n) is 13.3. The van der Waals surface area contributed by atoms with E-state index < -0.39 is 0 Å². The molecular weight excluding hydrogens is 256 g/mol. The van der Waals surface area contributed by atoms with Crippen LogP contribution in [0, 0.1) is 11.8 Å². The molecule has 0 heterocycles. The second kappa shape index (κ2) is 11.7. The zero-order chi connectivity index (χ0) is 15.4. The van der Waals surface area contributed by atoms with Crippen LogP contribution in [-0.2, 0) is 14.3 Å². The standard InChI is InChI=1S/C15H30N2O3/c1-12(2)10-14(18)16-6-5-8-20-9-7-17-15(19)11-13(3)4/h12-13H,5-11H2,1-4H3,(H,16,18)(H,17,19). The normalized spacial score (nSPS) is 10.9. The van der Waals surface area contributed by atoms with Gasteiger partial charge < -0.3 is 15.4 Å². The highest BCUT2D eigenvalue weighted by molar-refractivity contribution is 5.76. The maximum atomic E-state index is 11.4. The predicted octanol–water partition coefficient (Wildman–Crippen LogP) is 1.72. The largest absolute Gasteiger partial charge is 0.380 e. The first-order valence-electron chi connectivity index (χ1n) is 7.53. The third-order valence-corrected chi connectivity index (χ3v) is 2.54. The van der Waals surface area contributed by atoms with Gasteiger partial charge in [0.15, 0.2) is 0 Å². The average molecular weight is 286 g/mol. The summed E-state index contributed by atoms with van der Waals surface area (Å²) in [6.45, 7) is 10.4. The minimum Gasteiger partial charge on any atom is -0.380 e. The third-order valence-electron chi connectivity index (χ3n) is 2.54. The number of hydrogen-bond acceptors (Lipinski definition) is 3. The third kappa shape index (κ3) is 13.3. The van der Waals surface area contributed by atoms with E-state index in [1.54, 1.807) is 0 Å². The molecule has 0 saturated heterocycles. The van der Waals surface area contributed by atoms with Crippen molar-refractivity contribution in [3.63, 3.8) is 0 Å². The molecule has 20 heavy (non-hydrogen) atoms. The molecule has 0 bridgehead atoms. The van der Waals surface area contributed by atoms with Crippen LogP contribution in [0.15, 0.2) is 0 Å². The first-order chi connectivity index (χ1) is 9.41. The number of carbonyl (C=O) groups excluding carboxylic acids is 2. The van der Waals surface area contributed by atoms with E-state index in [9.17, 15) is 9.59 Å². The maximum absolute atomic E-state index is 11.4. The molecule has 0 aliphatic rings.